The molecule has 2 aromatic carbocycles. The minimum absolute atomic E-state index is 0.124. The van der Waals surface area contributed by atoms with Gasteiger partial charge in [0, 0.05) is 22.8 Å². The number of nitriles is 1. The first-order valence-electron chi connectivity index (χ1n) is 7.22. The fourth-order valence-corrected chi connectivity index (χ4v) is 2.52. The monoisotopic (exact) mass is 305 g/mol. The molecule has 0 saturated heterocycles. The minimum Gasteiger partial charge on any atom is -0.508 e. The molecule has 0 fully saturated rings. The van der Waals surface area contributed by atoms with E-state index in [9.17, 15) is 15.2 Å². The predicted octanol–water partition coefficient (Wildman–Crippen LogP) is 3.19. The molecule has 0 aliphatic heterocycles. The van der Waals surface area contributed by atoms with Crippen molar-refractivity contribution in [1.82, 2.24) is 4.98 Å². The van der Waals surface area contributed by atoms with E-state index in [0.717, 1.165) is 16.5 Å². The molecule has 1 aromatic heterocycles. The van der Waals surface area contributed by atoms with Crippen molar-refractivity contribution in [2.75, 3.05) is 5.32 Å². The molecule has 0 spiro atoms. The molecule has 5 nitrogen and oxygen atoms in total. The van der Waals surface area contributed by atoms with Gasteiger partial charge in [0.05, 0.1) is 6.07 Å². The lowest BCUT2D eigenvalue weighted by Crippen LogP contribution is -2.23. The van der Waals surface area contributed by atoms with Crippen molar-refractivity contribution in [2.24, 2.45) is 5.92 Å². The zero-order valence-corrected chi connectivity index (χ0v) is 12.3. The second-order valence-corrected chi connectivity index (χ2v) is 5.28. The highest BCUT2D eigenvalue weighted by molar-refractivity contribution is 5.95. The summed E-state index contributed by atoms with van der Waals surface area (Å²) >= 11 is 0. The summed E-state index contributed by atoms with van der Waals surface area (Å²) in [5.74, 6) is -1.02. The van der Waals surface area contributed by atoms with E-state index in [-0.39, 0.29) is 11.7 Å². The third-order valence-electron chi connectivity index (χ3n) is 3.72. The van der Waals surface area contributed by atoms with Crippen LogP contribution in [0.15, 0.2) is 54.7 Å². The van der Waals surface area contributed by atoms with Crippen molar-refractivity contribution in [3.05, 3.63) is 60.3 Å². The van der Waals surface area contributed by atoms with Gasteiger partial charge < -0.3 is 15.4 Å². The van der Waals surface area contributed by atoms with Gasteiger partial charge in [-0.15, -0.1) is 0 Å². The van der Waals surface area contributed by atoms with E-state index in [4.69, 9.17) is 0 Å². The zero-order chi connectivity index (χ0) is 16.2. The first-order chi connectivity index (χ1) is 11.2. The van der Waals surface area contributed by atoms with Crippen LogP contribution in [0.4, 0.5) is 5.69 Å². The number of aromatic nitrogens is 1. The molecule has 1 atom stereocenters. The van der Waals surface area contributed by atoms with Gasteiger partial charge in [0.1, 0.15) is 11.7 Å². The normalized spacial score (nSPS) is 11.8. The minimum atomic E-state index is -0.788. The van der Waals surface area contributed by atoms with Crippen molar-refractivity contribution < 1.29 is 9.90 Å². The second kappa shape index (κ2) is 6.24. The van der Waals surface area contributed by atoms with Crippen LogP contribution >= 0.6 is 0 Å². The maximum atomic E-state index is 12.3. The van der Waals surface area contributed by atoms with E-state index in [0.29, 0.717) is 12.1 Å². The maximum absolute atomic E-state index is 12.3. The number of nitrogens with zero attached hydrogens (tertiary/aromatic N) is 1. The van der Waals surface area contributed by atoms with Gasteiger partial charge in [0.2, 0.25) is 5.91 Å². The number of nitrogens with one attached hydrogen (secondary N) is 2. The summed E-state index contributed by atoms with van der Waals surface area (Å²) in [6, 6.07) is 15.9. The van der Waals surface area contributed by atoms with Gasteiger partial charge in [-0.25, -0.2) is 0 Å². The number of hydrogen-bond donors (Lipinski definition) is 3. The molecule has 0 saturated carbocycles. The molecule has 0 aliphatic carbocycles. The highest BCUT2D eigenvalue weighted by atomic mass is 16.3. The van der Waals surface area contributed by atoms with Gasteiger partial charge in [-0.2, -0.15) is 5.26 Å². The fraction of sp³-hybridized carbons (Fsp3) is 0.111. The number of phenols is 1. The molecular formula is C18H15N3O2. The molecule has 1 amide bonds. The Morgan fingerprint density at radius 3 is 2.74 bits per heavy atom. The highest BCUT2D eigenvalue weighted by Gasteiger charge is 2.19. The number of aromatic amines is 1. The lowest BCUT2D eigenvalue weighted by Gasteiger charge is -2.11. The van der Waals surface area contributed by atoms with Crippen LogP contribution in [0.3, 0.4) is 0 Å². The number of carbonyl (C=O) groups is 1. The van der Waals surface area contributed by atoms with Crippen LogP contribution in [0.2, 0.25) is 0 Å². The third-order valence-corrected chi connectivity index (χ3v) is 3.72. The highest BCUT2D eigenvalue weighted by Crippen LogP contribution is 2.21. The number of phenolic OH excluding ortho intramolecular Hbond substituents is 1. The molecule has 0 aliphatic rings. The molecule has 1 heterocycles. The topological polar surface area (TPSA) is 88.9 Å². The van der Waals surface area contributed by atoms with Crippen molar-refractivity contribution in [3.8, 4) is 11.8 Å². The predicted molar refractivity (Wildman–Crippen MR) is 87.8 cm³/mol. The summed E-state index contributed by atoms with van der Waals surface area (Å²) in [5.41, 5.74) is 2.49. The number of rotatable bonds is 4. The zero-order valence-electron chi connectivity index (χ0n) is 12.3. The van der Waals surface area contributed by atoms with Crippen LogP contribution in [0.5, 0.6) is 5.75 Å². The number of fused-ring (bicyclic) bond motifs is 1. The van der Waals surface area contributed by atoms with Crippen molar-refractivity contribution in [3.63, 3.8) is 0 Å². The summed E-state index contributed by atoms with van der Waals surface area (Å²) in [6.45, 7) is 0. The Kier molecular flexibility index (Phi) is 3.98. The number of aromatic hydroxyl groups is 1. The second-order valence-electron chi connectivity index (χ2n) is 5.28. The van der Waals surface area contributed by atoms with Crippen LogP contribution in [0.25, 0.3) is 10.9 Å². The largest absolute Gasteiger partial charge is 0.508 e. The number of carbonyl (C=O) groups excluding carboxylic acids is 1. The smallest absolute Gasteiger partial charge is 0.242 e. The Hall–Kier alpha value is -3.26. The number of hydrogen-bond acceptors (Lipinski definition) is 3. The lowest BCUT2D eigenvalue weighted by atomic mass is 9.97. The third kappa shape index (κ3) is 3.16. The van der Waals surface area contributed by atoms with Gasteiger partial charge in [-0.3, -0.25) is 4.79 Å². The van der Waals surface area contributed by atoms with Crippen molar-refractivity contribution >= 4 is 22.5 Å². The summed E-state index contributed by atoms with van der Waals surface area (Å²) in [5, 5.41) is 22.3. The summed E-state index contributed by atoms with van der Waals surface area (Å²) in [6.07, 6.45) is 2.18. The van der Waals surface area contributed by atoms with Crippen molar-refractivity contribution in [1.29, 1.82) is 5.26 Å². The van der Waals surface area contributed by atoms with Gasteiger partial charge in [-0.1, -0.05) is 12.1 Å². The molecular weight excluding hydrogens is 290 g/mol. The molecule has 5 heteroatoms. The Morgan fingerprint density at radius 2 is 2.00 bits per heavy atom. The molecule has 0 bridgehead atoms. The van der Waals surface area contributed by atoms with E-state index in [2.05, 4.69) is 16.4 Å². The molecule has 0 unspecified atom stereocenters. The summed E-state index contributed by atoms with van der Waals surface area (Å²) in [4.78, 5) is 15.4. The SMILES string of the molecule is N#C[C@H](Cc1cccc2[nH]ccc12)C(=O)Nc1ccc(O)cc1. The molecule has 3 rings (SSSR count). The maximum Gasteiger partial charge on any atom is 0.242 e. The van der Waals surface area contributed by atoms with Crippen LogP contribution in [-0.2, 0) is 11.2 Å². The van der Waals surface area contributed by atoms with Gasteiger partial charge in [0.25, 0.3) is 0 Å². The quantitative estimate of drug-likeness (QED) is 0.647. The Balaban J connectivity index is 1.77. The van der Waals surface area contributed by atoms with E-state index in [1.807, 2.05) is 30.5 Å². The van der Waals surface area contributed by atoms with Gasteiger partial charge >= 0.3 is 0 Å². The van der Waals surface area contributed by atoms with Crippen LogP contribution < -0.4 is 5.32 Å². The number of amides is 1. The van der Waals surface area contributed by atoms with Crippen LogP contribution in [0.1, 0.15) is 5.56 Å². The van der Waals surface area contributed by atoms with Gasteiger partial charge in [-0.05, 0) is 48.4 Å². The standard InChI is InChI=1S/C18H15N3O2/c19-11-13(18(23)21-14-4-6-15(22)7-5-14)10-12-2-1-3-17-16(12)8-9-20-17/h1-9,13,20,22H,10H2,(H,21,23)/t13-/m0/s1. The first-order valence-corrected chi connectivity index (χ1v) is 7.22. The average Bonchev–Trinajstić information content (AvgIpc) is 3.04. The lowest BCUT2D eigenvalue weighted by molar-refractivity contribution is -0.118. The molecule has 3 aromatic rings. The Morgan fingerprint density at radius 1 is 1.22 bits per heavy atom. The van der Waals surface area contributed by atoms with Crippen molar-refractivity contribution in [2.45, 2.75) is 6.42 Å². The number of benzene rings is 2. The van der Waals surface area contributed by atoms with E-state index in [1.165, 1.54) is 12.1 Å². The average molecular weight is 305 g/mol. The molecule has 23 heavy (non-hydrogen) atoms. The Bertz CT molecular complexity index is 875. The number of anilines is 1. The summed E-state index contributed by atoms with van der Waals surface area (Å²) < 4.78 is 0. The molecule has 0 radical (unpaired) electrons. The molecule has 3 N–H and O–H groups in total. The van der Waals surface area contributed by atoms with Gasteiger partial charge in [0.15, 0.2) is 0 Å². The van der Waals surface area contributed by atoms with E-state index < -0.39 is 5.92 Å². The Labute approximate surface area is 133 Å². The van der Waals surface area contributed by atoms with E-state index >= 15 is 0 Å². The van der Waals surface area contributed by atoms with Crippen LogP contribution in [0, 0.1) is 17.2 Å². The van der Waals surface area contributed by atoms with E-state index in [1.54, 1.807) is 12.1 Å². The summed E-state index contributed by atoms with van der Waals surface area (Å²) in [7, 11) is 0. The molecule has 114 valence electrons. The van der Waals surface area contributed by atoms with Crippen LogP contribution in [-0.4, -0.2) is 16.0 Å². The first kappa shape index (κ1) is 14.7. The fourth-order valence-electron chi connectivity index (χ4n) is 2.52. The number of H-pyrrole nitrogens is 1.